The van der Waals surface area contributed by atoms with E-state index < -0.39 is 0 Å². The highest BCUT2D eigenvalue weighted by molar-refractivity contribution is 5.09. The summed E-state index contributed by atoms with van der Waals surface area (Å²) >= 11 is 0. The van der Waals surface area contributed by atoms with Gasteiger partial charge in [0.15, 0.2) is 0 Å². The molecule has 0 N–H and O–H groups in total. The van der Waals surface area contributed by atoms with E-state index in [-0.39, 0.29) is 0 Å². The summed E-state index contributed by atoms with van der Waals surface area (Å²) in [5.74, 6) is 0. The third kappa shape index (κ3) is 1.59. The first-order chi connectivity index (χ1) is 5.29. The Hall–Kier alpha value is -0.860. The fraction of sp³-hybridized carbons (Fsp3) is 0.750. The molecule has 1 aromatic rings. The molecule has 0 aliphatic rings. The molecular formula is C8H15N3. The van der Waals surface area contributed by atoms with Crippen molar-refractivity contribution in [3.8, 4) is 0 Å². The molecule has 0 saturated heterocycles. The number of hydrogen-bond acceptors (Lipinski definition) is 2. The van der Waals surface area contributed by atoms with Gasteiger partial charge in [0.1, 0.15) is 0 Å². The Kier molecular flexibility index (Phi) is 2.63. The van der Waals surface area contributed by atoms with Gasteiger partial charge >= 0.3 is 0 Å². The molecular weight excluding hydrogens is 138 g/mol. The van der Waals surface area contributed by atoms with Gasteiger partial charge in [-0.15, -0.1) is 5.10 Å². The van der Waals surface area contributed by atoms with Gasteiger partial charge in [-0.1, -0.05) is 25.5 Å². The zero-order valence-electron chi connectivity index (χ0n) is 7.46. The fourth-order valence-electron chi connectivity index (χ4n) is 1.24. The normalized spacial score (nSPS) is 10.5. The lowest BCUT2D eigenvalue weighted by Crippen LogP contribution is -1.99. The third-order valence-corrected chi connectivity index (χ3v) is 1.85. The van der Waals surface area contributed by atoms with Gasteiger partial charge in [0, 0.05) is 7.05 Å². The van der Waals surface area contributed by atoms with Crippen LogP contribution in [-0.2, 0) is 19.9 Å². The van der Waals surface area contributed by atoms with Crippen LogP contribution in [0.1, 0.15) is 31.7 Å². The van der Waals surface area contributed by atoms with Crippen molar-refractivity contribution >= 4 is 0 Å². The Morgan fingerprint density at radius 1 is 1.36 bits per heavy atom. The lowest BCUT2D eigenvalue weighted by molar-refractivity contribution is 0.669. The molecule has 0 bridgehead atoms. The summed E-state index contributed by atoms with van der Waals surface area (Å²) < 4.78 is 1.88. The second kappa shape index (κ2) is 3.51. The van der Waals surface area contributed by atoms with Crippen molar-refractivity contribution in [2.24, 2.45) is 7.05 Å². The first-order valence-electron chi connectivity index (χ1n) is 4.17. The Bertz CT molecular complexity index is 227. The van der Waals surface area contributed by atoms with Crippen LogP contribution in [0.5, 0.6) is 0 Å². The molecule has 0 atom stereocenters. The molecule has 3 heteroatoms. The van der Waals surface area contributed by atoms with Crippen LogP contribution in [0.3, 0.4) is 0 Å². The monoisotopic (exact) mass is 153 g/mol. The minimum Gasteiger partial charge on any atom is -0.252 e. The molecule has 0 radical (unpaired) electrons. The van der Waals surface area contributed by atoms with Crippen molar-refractivity contribution in [1.29, 1.82) is 0 Å². The van der Waals surface area contributed by atoms with Gasteiger partial charge in [0.25, 0.3) is 0 Å². The number of nitrogens with zero attached hydrogens (tertiary/aromatic N) is 3. The van der Waals surface area contributed by atoms with Gasteiger partial charge < -0.3 is 0 Å². The summed E-state index contributed by atoms with van der Waals surface area (Å²) in [6.07, 6.45) is 3.24. The molecule has 0 saturated carbocycles. The molecule has 0 aromatic carbocycles. The highest BCUT2D eigenvalue weighted by atomic mass is 15.4. The Morgan fingerprint density at radius 3 is 2.64 bits per heavy atom. The average Bonchev–Trinajstić information content (AvgIpc) is 2.34. The second-order valence-corrected chi connectivity index (χ2v) is 2.71. The molecule has 62 valence electrons. The van der Waals surface area contributed by atoms with Crippen molar-refractivity contribution in [1.82, 2.24) is 15.0 Å². The maximum absolute atomic E-state index is 4.07. The lowest BCUT2D eigenvalue weighted by Gasteiger charge is -1.98. The first kappa shape index (κ1) is 8.24. The van der Waals surface area contributed by atoms with E-state index in [4.69, 9.17) is 0 Å². The van der Waals surface area contributed by atoms with Gasteiger partial charge in [-0.25, -0.2) is 0 Å². The summed E-state index contributed by atoms with van der Waals surface area (Å²) in [6, 6.07) is 0. The Morgan fingerprint density at radius 2 is 2.09 bits per heavy atom. The number of aromatic nitrogens is 3. The average molecular weight is 153 g/mol. The van der Waals surface area contributed by atoms with E-state index in [1.165, 1.54) is 5.69 Å². The van der Waals surface area contributed by atoms with E-state index in [0.717, 1.165) is 25.0 Å². The quantitative estimate of drug-likeness (QED) is 0.656. The van der Waals surface area contributed by atoms with Crippen LogP contribution in [0.15, 0.2) is 0 Å². The van der Waals surface area contributed by atoms with E-state index in [9.17, 15) is 0 Å². The smallest absolute Gasteiger partial charge is 0.0856 e. The molecule has 1 rings (SSSR count). The SMILES string of the molecule is CCCc1c(CC)nnn1C. The maximum atomic E-state index is 4.07. The van der Waals surface area contributed by atoms with Gasteiger partial charge in [-0.2, -0.15) is 0 Å². The van der Waals surface area contributed by atoms with Crippen molar-refractivity contribution < 1.29 is 0 Å². The number of aryl methyl sites for hydroxylation is 2. The molecule has 11 heavy (non-hydrogen) atoms. The molecule has 3 nitrogen and oxygen atoms in total. The predicted octanol–water partition coefficient (Wildman–Crippen LogP) is 1.33. The number of rotatable bonds is 3. The molecule has 0 unspecified atom stereocenters. The highest BCUT2D eigenvalue weighted by Crippen LogP contribution is 2.06. The van der Waals surface area contributed by atoms with E-state index in [1.54, 1.807) is 0 Å². The van der Waals surface area contributed by atoms with Gasteiger partial charge in [-0.05, 0) is 12.8 Å². The largest absolute Gasteiger partial charge is 0.252 e. The minimum atomic E-state index is 0.989. The molecule has 0 fully saturated rings. The molecule has 0 spiro atoms. The van der Waals surface area contributed by atoms with Crippen LogP contribution < -0.4 is 0 Å². The maximum Gasteiger partial charge on any atom is 0.0856 e. The number of hydrogen-bond donors (Lipinski definition) is 0. The standard InChI is InChI=1S/C8H15N3/c1-4-6-8-7(5-2)9-10-11(8)3/h4-6H2,1-3H3. The summed E-state index contributed by atoms with van der Waals surface area (Å²) in [6.45, 7) is 4.29. The molecule has 0 aliphatic carbocycles. The van der Waals surface area contributed by atoms with Gasteiger partial charge in [0.2, 0.25) is 0 Å². The summed E-state index contributed by atoms with van der Waals surface area (Å²) in [5, 5.41) is 8.04. The van der Waals surface area contributed by atoms with Gasteiger partial charge in [0.05, 0.1) is 11.4 Å². The minimum absolute atomic E-state index is 0.989. The van der Waals surface area contributed by atoms with Crippen molar-refractivity contribution in [3.05, 3.63) is 11.4 Å². The van der Waals surface area contributed by atoms with E-state index >= 15 is 0 Å². The van der Waals surface area contributed by atoms with Crippen LogP contribution in [0, 0.1) is 0 Å². The van der Waals surface area contributed by atoms with E-state index in [0.29, 0.717) is 0 Å². The molecule has 0 aliphatic heterocycles. The summed E-state index contributed by atoms with van der Waals surface area (Å²) in [7, 11) is 1.96. The summed E-state index contributed by atoms with van der Waals surface area (Å²) in [4.78, 5) is 0. The predicted molar refractivity (Wildman–Crippen MR) is 44.4 cm³/mol. The van der Waals surface area contributed by atoms with E-state index in [1.807, 2.05) is 11.7 Å². The zero-order valence-corrected chi connectivity index (χ0v) is 7.46. The second-order valence-electron chi connectivity index (χ2n) is 2.71. The Balaban J connectivity index is 2.88. The zero-order chi connectivity index (χ0) is 8.27. The molecule has 1 aromatic heterocycles. The fourth-order valence-corrected chi connectivity index (χ4v) is 1.24. The van der Waals surface area contributed by atoms with Crippen molar-refractivity contribution in [2.45, 2.75) is 33.1 Å². The lowest BCUT2D eigenvalue weighted by atomic mass is 10.2. The van der Waals surface area contributed by atoms with Crippen LogP contribution in [0.2, 0.25) is 0 Å². The topological polar surface area (TPSA) is 30.7 Å². The first-order valence-corrected chi connectivity index (χ1v) is 4.17. The van der Waals surface area contributed by atoms with E-state index in [2.05, 4.69) is 24.2 Å². The summed E-state index contributed by atoms with van der Waals surface area (Å²) in [5.41, 5.74) is 2.43. The molecule has 0 amide bonds. The van der Waals surface area contributed by atoms with Crippen LogP contribution >= 0.6 is 0 Å². The van der Waals surface area contributed by atoms with Crippen LogP contribution in [0.25, 0.3) is 0 Å². The van der Waals surface area contributed by atoms with Crippen LogP contribution in [0.4, 0.5) is 0 Å². The molecule has 1 heterocycles. The Labute approximate surface area is 67.4 Å². The van der Waals surface area contributed by atoms with Crippen molar-refractivity contribution in [2.75, 3.05) is 0 Å². The van der Waals surface area contributed by atoms with Crippen LogP contribution in [-0.4, -0.2) is 15.0 Å². The third-order valence-electron chi connectivity index (χ3n) is 1.85. The van der Waals surface area contributed by atoms with Gasteiger partial charge in [-0.3, -0.25) is 4.68 Å². The van der Waals surface area contributed by atoms with Crippen molar-refractivity contribution in [3.63, 3.8) is 0 Å². The highest BCUT2D eigenvalue weighted by Gasteiger charge is 2.06.